The van der Waals surface area contributed by atoms with E-state index in [0.717, 1.165) is 12.8 Å². The molecule has 1 saturated carbocycles. The molecule has 2 aliphatic rings. The molecular weight excluding hydrogens is 370 g/mol. The number of fused-ring (bicyclic) bond motifs is 1. The first kappa shape index (κ1) is 22.3. The van der Waals surface area contributed by atoms with Crippen molar-refractivity contribution >= 4 is 19.7 Å². The SMILES string of the molecule is CC1=C(C)C([Si](C)(C)NC(=O)C2CCCCCCCCCCC2)c2ccccc21. The number of amides is 1. The zero-order chi connectivity index (χ0) is 20.9. The molecule has 0 aromatic heterocycles. The highest BCUT2D eigenvalue weighted by atomic mass is 28.3. The Kier molecular flexibility index (Phi) is 7.78. The molecule has 160 valence electrons. The quantitative estimate of drug-likeness (QED) is 0.517. The molecule has 29 heavy (non-hydrogen) atoms. The van der Waals surface area contributed by atoms with Crippen LogP contribution in [0.15, 0.2) is 29.8 Å². The van der Waals surface area contributed by atoms with E-state index in [1.54, 1.807) is 0 Å². The van der Waals surface area contributed by atoms with Crippen molar-refractivity contribution in [2.75, 3.05) is 0 Å². The van der Waals surface area contributed by atoms with E-state index in [-0.39, 0.29) is 5.92 Å². The largest absolute Gasteiger partial charge is 0.381 e. The minimum Gasteiger partial charge on any atom is -0.381 e. The Labute approximate surface area is 179 Å². The standard InChI is InChI=1S/C26H41NOSi/c1-20-21(2)25(24-19-15-14-18-23(20)24)29(3,4)27-26(28)22-16-12-10-8-6-5-7-9-11-13-17-22/h14-15,18-19,22,25H,5-13,16-17H2,1-4H3,(H,27,28). The van der Waals surface area contributed by atoms with E-state index in [1.807, 2.05) is 0 Å². The summed E-state index contributed by atoms with van der Waals surface area (Å²) in [5.74, 6) is 0.553. The van der Waals surface area contributed by atoms with Gasteiger partial charge in [-0.05, 0) is 43.4 Å². The maximum atomic E-state index is 13.4. The lowest BCUT2D eigenvalue weighted by Gasteiger charge is -2.34. The summed E-state index contributed by atoms with van der Waals surface area (Å²) in [6.07, 6.45) is 14.0. The van der Waals surface area contributed by atoms with Gasteiger partial charge in [-0.1, -0.05) is 101 Å². The molecule has 1 aromatic carbocycles. The highest BCUT2D eigenvalue weighted by Crippen LogP contribution is 2.45. The normalized spacial score (nSPS) is 22.6. The fourth-order valence-electron chi connectivity index (χ4n) is 5.60. The Hall–Kier alpha value is -1.35. The van der Waals surface area contributed by atoms with E-state index in [0.29, 0.717) is 11.4 Å². The lowest BCUT2D eigenvalue weighted by atomic mass is 9.92. The number of carbonyl (C=O) groups excluding carboxylic acids is 1. The highest BCUT2D eigenvalue weighted by molar-refractivity contribution is 6.79. The first-order valence-corrected chi connectivity index (χ1v) is 15.1. The molecule has 0 radical (unpaired) electrons. The maximum Gasteiger partial charge on any atom is 0.215 e. The number of nitrogens with one attached hydrogen (secondary N) is 1. The fraction of sp³-hybridized carbons (Fsp3) is 0.654. The first-order chi connectivity index (χ1) is 13.9. The zero-order valence-corrected chi connectivity index (χ0v) is 20.2. The van der Waals surface area contributed by atoms with Gasteiger partial charge in [0.15, 0.2) is 8.24 Å². The smallest absolute Gasteiger partial charge is 0.215 e. The van der Waals surface area contributed by atoms with Crippen LogP contribution >= 0.6 is 0 Å². The molecule has 0 bridgehead atoms. The van der Waals surface area contributed by atoms with E-state index in [1.165, 1.54) is 80.1 Å². The first-order valence-electron chi connectivity index (χ1n) is 12.0. The van der Waals surface area contributed by atoms with E-state index in [2.05, 4.69) is 56.2 Å². The van der Waals surface area contributed by atoms with Crippen molar-refractivity contribution < 1.29 is 4.79 Å². The molecule has 0 heterocycles. The number of carbonyl (C=O) groups is 1. The van der Waals surface area contributed by atoms with Crippen molar-refractivity contribution in [1.82, 2.24) is 4.98 Å². The number of allylic oxidation sites excluding steroid dienone is 2. The van der Waals surface area contributed by atoms with Gasteiger partial charge in [0, 0.05) is 11.5 Å². The molecule has 0 spiro atoms. The summed E-state index contributed by atoms with van der Waals surface area (Å²) in [5, 5.41) is 0. The van der Waals surface area contributed by atoms with Gasteiger partial charge in [-0.15, -0.1) is 0 Å². The van der Waals surface area contributed by atoms with E-state index in [4.69, 9.17) is 0 Å². The maximum absolute atomic E-state index is 13.4. The van der Waals surface area contributed by atoms with E-state index >= 15 is 0 Å². The van der Waals surface area contributed by atoms with Gasteiger partial charge in [0.2, 0.25) is 5.91 Å². The van der Waals surface area contributed by atoms with Crippen molar-refractivity contribution in [2.24, 2.45) is 5.92 Å². The van der Waals surface area contributed by atoms with E-state index < -0.39 is 8.24 Å². The monoisotopic (exact) mass is 411 g/mol. The van der Waals surface area contributed by atoms with Crippen LogP contribution in [-0.4, -0.2) is 14.1 Å². The molecule has 3 heteroatoms. The zero-order valence-electron chi connectivity index (χ0n) is 19.2. The fourth-order valence-corrected chi connectivity index (χ4v) is 8.91. The molecule has 2 aliphatic carbocycles. The van der Waals surface area contributed by atoms with Crippen LogP contribution in [-0.2, 0) is 4.79 Å². The van der Waals surface area contributed by atoms with Crippen LogP contribution in [0.25, 0.3) is 5.57 Å². The Bertz CT molecular complexity index is 724. The lowest BCUT2D eigenvalue weighted by molar-refractivity contribution is -0.124. The van der Waals surface area contributed by atoms with Crippen molar-refractivity contribution in [3.05, 3.63) is 41.0 Å². The summed E-state index contributed by atoms with van der Waals surface area (Å²) < 4.78 is 0. The van der Waals surface area contributed by atoms with Crippen molar-refractivity contribution in [3.63, 3.8) is 0 Å². The summed E-state index contributed by atoms with van der Waals surface area (Å²) in [4.78, 5) is 17.0. The molecule has 3 rings (SSSR count). The minimum absolute atomic E-state index is 0.211. The summed E-state index contributed by atoms with van der Waals surface area (Å²) in [5.41, 5.74) is 6.08. The Morgan fingerprint density at radius 3 is 1.97 bits per heavy atom. The van der Waals surface area contributed by atoms with Gasteiger partial charge >= 0.3 is 0 Å². The Morgan fingerprint density at radius 2 is 1.38 bits per heavy atom. The van der Waals surface area contributed by atoms with Gasteiger partial charge in [0.1, 0.15) is 0 Å². The second-order valence-electron chi connectivity index (χ2n) is 10.00. The molecule has 1 atom stereocenters. The van der Waals surface area contributed by atoms with Crippen LogP contribution < -0.4 is 4.98 Å². The molecule has 2 nitrogen and oxygen atoms in total. The second kappa shape index (κ2) is 10.1. The van der Waals surface area contributed by atoms with Crippen LogP contribution in [0.2, 0.25) is 13.1 Å². The van der Waals surface area contributed by atoms with Crippen LogP contribution in [0.4, 0.5) is 0 Å². The van der Waals surface area contributed by atoms with Crippen molar-refractivity contribution in [2.45, 2.75) is 103 Å². The predicted octanol–water partition coefficient (Wildman–Crippen LogP) is 7.36. The second-order valence-corrected chi connectivity index (χ2v) is 14.3. The molecule has 0 saturated heterocycles. The van der Waals surface area contributed by atoms with Gasteiger partial charge in [0.05, 0.1) is 0 Å². The average molecular weight is 412 g/mol. The van der Waals surface area contributed by atoms with Crippen LogP contribution in [0.5, 0.6) is 0 Å². The molecule has 1 amide bonds. The predicted molar refractivity (Wildman–Crippen MR) is 127 cm³/mol. The molecule has 1 unspecified atom stereocenters. The number of hydrogen-bond acceptors (Lipinski definition) is 1. The van der Waals surface area contributed by atoms with Crippen LogP contribution in [0, 0.1) is 5.92 Å². The van der Waals surface area contributed by atoms with Gasteiger partial charge in [-0.3, -0.25) is 4.79 Å². The summed E-state index contributed by atoms with van der Waals surface area (Å²) >= 11 is 0. The van der Waals surface area contributed by atoms with Gasteiger partial charge in [0.25, 0.3) is 0 Å². The van der Waals surface area contributed by atoms with Crippen molar-refractivity contribution in [3.8, 4) is 0 Å². The Balaban J connectivity index is 1.70. The molecule has 1 N–H and O–H groups in total. The van der Waals surface area contributed by atoms with Crippen LogP contribution in [0.3, 0.4) is 0 Å². The van der Waals surface area contributed by atoms with Gasteiger partial charge in [-0.2, -0.15) is 0 Å². The van der Waals surface area contributed by atoms with Crippen molar-refractivity contribution in [1.29, 1.82) is 0 Å². The highest BCUT2D eigenvalue weighted by Gasteiger charge is 2.41. The third-order valence-electron chi connectivity index (χ3n) is 7.34. The minimum atomic E-state index is -2.00. The van der Waals surface area contributed by atoms with Gasteiger partial charge < -0.3 is 4.98 Å². The third kappa shape index (κ3) is 5.42. The summed E-state index contributed by atoms with van der Waals surface area (Å²) in [7, 11) is -2.00. The van der Waals surface area contributed by atoms with E-state index in [9.17, 15) is 4.79 Å². The molecular formula is C26H41NOSi. The van der Waals surface area contributed by atoms with Gasteiger partial charge in [-0.25, -0.2) is 0 Å². The van der Waals surface area contributed by atoms with Crippen LogP contribution in [0.1, 0.15) is 101 Å². The summed E-state index contributed by atoms with van der Waals surface area (Å²) in [6.45, 7) is 9.22. The number of hydrogen-bond donors (Lipinski definition) is 1. The Morgan fingerprint density at radius 1 is 0.862 bits per heavy atom. The number of rotatable bonds is 3. The topological polar surface area (TPSA) is 29.1 Å². The lowest BCUT2D eigenvalue weighted by Crippen LogP contribution is -2.54. The molecule has 1 fully saturated rings. The average Bonchev–Trinajstić information content (AvgIpc) is 2.93. The molecule has 1 aromatic rings. The summed E-state index contributed by atoms with van der Waals surface area (Å²) in [6, 6.07) is 8.80. The third-order valence-corrected chi connectivity index (χ3v) is 10.4. The molecule has 0 aliphatic heterocycles. The number of benzene rings is 1.